The topological polar surface area (TPSA) is 107 Å². The molecule has 0 atom stereocenters. The van der Waals surface area contributed by atoms with Gasteiger partial charge in [0.1, 0.15) is 5.54 Å². The fourth-order valence-electron chi connectivity index (χ4n) is 2.63. The van der Waals surface area contributed by atoms with Crippen LogP contribution in [0.4, 0.5) is 10.7 Å². The van der Waals surface area contributed by atoms with Gasteiger partial charge in [-0.1, -0.05) is 0 Å². The Morgan fingerprint density at radius 2 is 1.95 bits per heavy atom. The van der Waals surface area contributed by atoms with E-state index in [9.17, 15) is 14.4 Å². The minimum Gasteiger partial charge on any atom is -0.317 e. The summed E-state index contributed by atoms with van der Waals surface area (Å²) in [5.41, 5.74) is -1.30. The fourth-order valence-corrected chi connectivity index (χ4v) is 2.63. The lowest BCUT2D eigenvalue weighted by atomic mass is 9.87. The average Bonchev–Trinajstić information content (AvgIpc) is 2.62. The summed E-state index contributed by atoms with van der Waals surface area (Å²) in [5.74, 6) is -0.219. The first kappa shape index (κ1) is 11.8. The van der Waals surface area contributed by atoms with Crippen molar-refractivity contribution in [2.24, 2.45) is 0 Å². The van der Waals surface area contributed by atoms with Gasteiger partial charge in [0.05, 0.1) is 0 Å². The second-order valence-corrected chi connectivity index (χ2v) is 4.63. The van der Waals surface area contributed by atoms with Crippen LogP contribution in [-0.2, 0) is 4.79 Å². The van der Waals surface area contributed by atoms with Crippen LogP contribution in [0, 0.1) is 0 Å². The number of nitrogens with zero attached hydrogens (tertiary/aromatic N) is 2. The van der Waals surface area contributed by atoms with E-state index in [0.717, 1.165) is 0 Å². The van der Waals surface area contributed by atoms with Gasteiger partial charge in [0, 0.05) is 12.3 Å². The third-order valence-electron chi connectivity index (χ3n) is 3.57. The van der Waals surface area contributed by atoms with Crippen LogP contribution >= 0.6 is 0 Å². The molecule has 0 aliphatic carbocycles. The molecule has 3 rings (SSSR count). The smallest absolute Gasteiger partial charge is 0.317 e. The molecule has 0 bridgehead atoms. The van der Waals surface area contributed by atoms with Crippen LogP contribution in [0.1, 0.15) is 12.8 Å². The van der Waals surface area contributed by atoms with E-state index in [1.807, 2.05) is 0 Å². The molecule has 100 valence electrons. The zero-order valence-corrected chi connectivity index (χ0v) is 10.1. The number of urea groups is 1. The van der Waals surface area contributed by atoms with Crippen molar-refractivity contribution in [1.29, 1.82) is 0 Å². The van der Waals surface area contributed by atoms with E-state index in [4.69, 9.17) is 0 Å². The maximum atomic E-state index is 12.1. The first-order chi connectivity index (χ1) is 9.13. The highest BCUT2D eigenvalue weighted by atomic mass is 16.2. The molecule has 1 spiro atoms. The third kappa shape index (κ3) is 1.72. The monoisotopic (exact) mass is 263 g/mol. The Balaban J connectivity index is 2.08. The number of rotatable bonds is 1. The van der Waals surface area contributed by atoms with E-state index >= 15 is 0 Å². The van der Waals surface area contributed by atoms with Crippen LogP contribution < -0.4 is 21.1 Å². The Labute approximate surface area is 108 Å². The van der Waals surface area contributed by atoms with Crippen molar-refractivity contribution < 1.29 is 9.59 Å². The standard InChI is InChI=1S/C11H13N5O3/c17-7-1-4-13-9(14-7)16-10(19)15-8(18)11(16)2-5-12-6-3-11/h1,4,12H,2-3,5-6H2,(H,13,14,17)(H,15,18,19). The van der Waals surface area contributed by atoms with Crippen molar-refractivity contribution in [2.75, 3.05) is 18.0 Å². The number of nitrogens with one attached hydrogen (secondary N) is 3. The number of hydrogen-bond acceptors (Lipinski definition) is 5. The summed E-state index contributed by atoms with van der Waals surface area (Å²) in [5, 5.41) is 5.45. The third-order valence-corrected chi connectivity index (χ3v) is 3.57. The quantitative estimate of drug-likeness (QED) is 0.560. The Kier molecular flexibility index (Phi) is 2.59. The van der Waals surface area contributed by atoms with E-state index in [2.05, 4.69) is 20.6 Å². The summed E-state index contributed by atoms with van der Waals surface area (Å²) in [6, 6.07) is 0.718. The van der Waals surface area contributed by atoms with E-state index in [1.165, 1.54) is 17.2 Å². The van der Waals surface area contributed by atoms with Gasteiger partial charge in [-0.25, -0.2) is 14.7 Å². The number of aromatic amines is 1. The van der Waals surface area contributed by atoms with Gasteiger partial charge in [-0.3, -0.25) is 19.9 Å². The predicted octanol–water partition coefficient (Wildman–Crippen LogP) is -1.05. The number of carbonyl (C=O) groups is 2. The van der Waals surface area contributed by atoms with Crippen LogP contribution in [0.3, 0.4) is 0 Å². The summed E-state index contributed by atoms with van der Waals surface area (Å²) >= 11 is 0. The Bertz CT molecular complexity index is 590. The fraction of sp³-hybridized carbons (Fsp3) is 0.455. The Morgan fingerprint density at radius 1 is 1.21 bits per heavy atom. The molecular weight excluding hydrogens is 250 g/mol. The van der Waals surface area contributed by atoms with Gasteiger partial charge in [0.25, 0.3) is 11.5 Å². The summed E-state index contributed by atoms with van der Waals surface area (Å²) in [7, 11) is 0. The van der Waals surface area contributed by atoms with Crippen LogP contribution in [0.15, 0.2) is 17.1 Å². The minimum atomic E-state index is -0.945. The highest BCUT2D eigenvalue weighted by molar-refractivity contribution is 6.16. The average molecular weight is 263 g/mol. The largest absolute Gasteiger partial charge is 0.331 e. The number of amides is 3. The molecule has 1 aromatic rings. The zero-order chi connectivity index (χ0) is 13.5. The number of imide groups is 1. The number of anilines is 1. The SMILES string of the molecule is O=C1NC(=O)C2(CCNCC2)N1c1nccc(=O)[nH]1. The second kappa shape index (κ2) is 4.16. The van der Waals surface area contributed by atoms with Crippen molar-refractivity contribution in [3.8, 4) is 0 Å². The lowest BCUT2D eigenvalue weighted by molar-refractivity contribution is -0.124. The second-order valence-electron chi connectivity index (χ2n) is 4.63. The number of aromatic nitrogens is 2. The highest BCUT2D eigenvalue weighted by Crippen LogP contribution is 2.33. The Morgan fingerprint density at radius 3 is 2.63 bits per heavy atom. The van der Waals surface area contributed by atoms with Crippen molar-refractivity contribution in [2.45, 2.75) is 18.4 Å². The zero-order valence-electron chi connectivity index (χ0n) is 10.1. The van der Waals surface area contributed by atoms with Crippen molar-refractivity contribution >= 4 is 17.9 Å². The van der Waals surface area contributed by atoms with E-state index < -0.39 is 11.6 Å². The van der Waals surface area contributed by atoms with E-state index in [1.54, 1.807) is 0 Å². The molecule has 1 aromatic heterocycles. The molecule has 0 aromatic carbocycles. The molecule has 3 N–H and O–H groups in total. The summed E-state index contributed by atoms with van der Waals surface area (Å²) in [6.45, 7) is 1.27. The van der Waals surface area contributed by atoms with Gasteiger partial charge in [-0.15, -0.1) is 0 Å². The molecule has 2 aliphatic heterocycles. The maximum Gasteiger partial charge on any atom is 0.331 e. The highest BCUT2D eigenvalue weighted by Gasteiger charge is 2.54. The van der Waals surface area contributed by atoms with Crippen LogP contribution in [0.2, 0.25) is 0 Å². The molecule has 8 nitrogen and oxygen atoms in total. The molecular formula is C11H13N5O3. The molecule has 0 saturated carbocycles. The minimum absolute atomic E-state index is 0.109. The normalized spacial score (nSPS) is 21.8. The first-order valence-corrected chi connectivity index (χ1v) is 6.05. The number of carbonyl (C=O) groups excluding carboxylic acids is 2. The molecule has 3 heterocycles. The summed E-state index contributed by atoms with van der Waals surface area (Å²) < 4.78 is 0. The lowest BCUT2D eigenvalue weighted by Gasteiger charge is -2.37. The van der Waals surface area contributed by atoms with Crippen molar-refractivity contribution in [3.63, 3.8) is 0 Å². The van der Waals surface area contributed by atoms with Gasteiger partial charge in [-0.05, 0) is 25.9 Å². The van der Waals surface area contributed by atoms with Gasteiger partial charge >= 0.3 is 6.03 Å². The molecule has 0 radical (unpaired) electrons. The van der Waals surface area contributed by atoms with Crippen molar-refractivity contribution in [1.82, 2.24) is 20.6 Å². The Hall–Kier alpha value is -2.22. The maximum absolute atomic E-state index is 12.1. The van der Waals surface area contributed by atoms with Gasteiger partial charge in [0.2, 0.25) is 5.95 Å². The van der Waals surface area contributed by atoms with Crippen LogP contribution in [-0.4, -0.2) is 40.5 Å². The molecule has 19 heavy (non-hydrogen) atoms. The number of piperidine rings is 1. The van der Waals surface area contributed by atoms with Gasteiger partial charge in [0.15, 0.2) is 0 Å². The molecule has 2 aliphatic rings. The van der Waals surface area contributed by atoms with Crippen LogP contribution in [0.5, 0.6) is 0 Å². The summed E-state index contributed by atoms with van der Waals surface area (Å²) in [6.07, 6.45) is 2.30. The van der Waals surface area contributed by atoms with Gasteiger partial charge < -0.3 is 5.32 Å². The van der Waals surface area contributed by atoms with E-state index in [0.29, 0.717) is 25.9 Å². The molecule has 2 fully saturated rings. The van der Waals surface area contributed by atoms with Gasteiger partial charge in [-0.2, -0.15) is 0 Å². The molecule has 0 unspecified atom stereocenters. The van der Waals surface area contributed by atoms with Crippen molar-refractivity contribution in [3.05, 3.63) is 22.6 Å². The number of hydrogen-bond donors (Lipinski definition) is 3. The molecule has 2 saturated heterocycles. The first-order valence-electron chi connectivity index (χ1n) is 6.05. The number of H-pyrrole nitrogens is 1. The predicted molar refractivity (Wildman–Crippen MR) is 65.7 cm³/mol. The lowest BCUT2D eigenvalue weighted by Crippen LogP contribution is -2.56. The van der Waals surface area contributed by atoms with Crippen LogP contribution in [0.25, 0.3) is 0 Å². The molecule has 8 heteroatoms. The molecule has 3 amide bonds. The summed E-state index contributed by atoms with van der Waals surface area (Å²) in [4.78, 5) is 43.2. The van der Waals surface area contributed by atoms with E-state index in [-0.39, 0.29) is 17.4 Å².